The van der Waals surface area contributed by atoms with Gasteiger partial charge in [-0.2, -0.15) is 0 Å². The quantitative estimate of drug-likeness (QED) is 0.273. The fourth-order valence-corrected chi connectivity index (χ4v) is 3.62. The van der Waals surface area contributed by atoms with E-state index in [-0.39, 0.29) is 13.0 Å². The average molecular weight is 517 g/mol. The molecule has 0 bridgehead atoms. The molecule has 0 saturated heterocycles. The number of ether oxygens (including phenoxy) is 3. The van der Waals surface area contributed by atoms with E-state index in [1.807, 2.05) is 30.3 Å². The lowest BCUT2D eigenvalue weighted by Crippen LogP contribution is -2.42. The Morgan fingerprint density at radius 2 is 1.63 bits per heavy atom. The molecule has 1 heterocycles. The normalized spacial score (nSPS) is 11.4. The molecule has 196 valence electrons. The molecular formula is C29H28N2O7. The van der Waals surface area contributed by atoms with E-state index in [1.165, 1.54) is 0 Å². The summed E-state index contributed by atoms with van der Waals surface area (Å²) in [5, 5.41) is 12.0. The summed E-state index contributed by atoms with van der Waals surface area (Å²) in [6.45, 7) is 0.412. The van der Waals surface area contributed by atoms with Crippen LogP contribution in [0.25, 0.3) is 11.5 Å². The molecule has 9 heteroatoms. The highest BCUT2D eigenvalue weighted by Crippen LogP contribution is 2.19. The maximum atomic E-state index is 12.2. The number of nitrogens with one attached hydrogen (secondary N) is 1. The second-order valence-electron chi connectivity index (χ2n) is 8.42. The Bertz CT molecular complexity index is 1320. The molecule has 0 radical (unpaired) electrons. The number of carbonyl (C=O) groups excluding carboxylic acids is 1. The second-order valence-corrected chi connectivity index (χ2v) is 8.42. The van der Waals surface area contributed by atoms with E-state index in [0.717, 1.165) is 22.4 Å². The fourth-order valence-electron chi connectivity index (χ4n) is 3.62. The number of nitrogens with zero attached hydrogens (tertiary/aromatic N) is 1. The highest BCUT2D eigenvalue weighted by molar-refractivity contribution is 5.80. The van der Waals surface area contributed by atoms with Gasteiger partial charge >= 0.3 is 12.1 Å². The fraction of sp³-hybridized carbons (Fsp3) is 0.207. The van der Waals surface area contributed by atoms with Gasteiger partial charge in [0.05, 0.1) is 19.4 Å². The third kappa shape index (κ3) is 7.60. The molecule has 0 fully saturated rings. The SMILES string of the molecule is COc1ccc(COC(=O)N[C@@H](Cc2ccc(OCCc3coc(-c4ccccc4)n3)cc2)C(=O)O)cc1. The topological polar surface area (TPSA) is 120 Å². The van der Waals surface area contributed by atoms with E-state index >= 15 is 0 Å². The van der Waals surface area contributed by atoms with Crippen molar-refractivity contribution in [1.29, 1.82) is 0 Å². The van der Waals surface area contributed by atoms with Gasteiger partial charge in [-0.05, 0) is 47.5 Å². The Hall–Kier alpha value is -4.79. The molecule has 0 aliphatic rings. The predicted molar refractivity (Wildman–Crippen MR) is 139 cm³/mol. The standard InChI is InChI=1S/C29H28N2O7/c1-35-24-11-9-21(10-12-24)18-38-29(34)31-26(28(32)33)17-20-7-13-25(14-8-20)36-16-15-23-19-37-27(30-23)22-5-3-2-4-6-22/h2-14,19,26H,15-18H2,1H3,(H,31,34)(H,32,33)/t26-/m0/s1. The zero-order valence-electron chi connectivity index (χ0n) is 20.8. The van der Waals surface area contributed by atoms with Crippen molar-refractivity contribution in [2.24, 2.45) is 0 Å². The average Bonchev–Trinajstić information content (AvgIpc) is 3.42. The van der Waals surface area contributed by atoms with Crippen molar-refractivity contribution >= 4 is 12.1 Å². The largest absolute Gasteiger partial charge is 0.497 e. The van der Waals surface area contributed by atoms with Crippen molar-refractivity contribution in [2.75, 3.05) is 13.7 Å². The number of carboxylic acid groups (broad SMARTS) is 1. The van der Waals surface area contributed by atoms with Crippen LogP contribution in [0.2, 0.25) is 0 Å². The van der Waals surface area contributed by atoms with E-state index < -0.39 is 18.1 Å². The molecule has 3 aromatic carbocycles. The molecule has 4 aromatic rings. The number of oxazole rings is 1. The van der Waals surface area contributed by atoms with Crippen LogP contribution in [-0.2, 0) is 29.0 Å². The first-order valence-electron chi connectivity index (χ1n) is 12.0. The van der Waals surface area contributed by atoms with Crippen LogP contribution >= 0.6 is 0 Å². The number of hydrogen-bond acceptors (Lipinski definition) is 7. The summed E-state index contributed by atoms with van der Waals surface area (Å²) in [6, 6.07) is 22.6. The van der Waals surface area contributed by atoms with Gasteiger partial charge in [0, 0.05) is 18.4 Å². The molecule has 1 aromatic heterocycles. The van der Waals surface area contributed by atoms with Crippen molar-refractivity contribution in [2.45, 2.75) is 25.5 Å². The highest BCUT2D eigenvalue weighted by atomic mass is 16.5. The smallest absolute Gasteiger partial charge is 0.408 e. The molecule has 2 N–H and O–H groups in total. The van der Waals surface area contributed by atoms with E-state index in [0.29, 0.717) is 30.4 Å². The first-order chi connectivity index (χ1) is 18.5. The number of rotatable bonds is 12. The van der Waals surface area contributed by atoms with E-state index in [1.54, 1.807) is 61.9 Å². The Balaban J connectivity index is 1.22. The first-order valence-corrected chi connectivity index (χ1v) is 12.0. The number of carbonyl (C=O) groups is 2. The molecule has 0 spiro atoms. The van der Waals surface area contributed by atoms with Crippen LogP contribution in [0.1, 0.15) is 16.8 Å². The van der Waals surface area contributed by atoms with Crippen LogP contribution < -0.4 is 14.8 Å². The maximum absolute atomic E-state index is 12.2. The lowest BCUT2D eigenvalue weighted by atomic mass is 10.1. The number of amides is 1. The molecule has 0 aliphatic heterocycles. The van der Waals surface area contributed by atoms with Gasteiger partial charge in [-0.1, -0.05) is 42.5 Å². The summed E-state index contributed by atoms with van der Waals surface area (Å²) in [5.74, 6) is 0.734. The zero-order valence-corrected chi connectivity index (χ0v) is 20.8. The van der Waals surface area contributed by atoms with Gasteiger partial charge in [-0.15, -0.1) is 0 Å². The minimum atomic E-state index is -1.16. The highest BCUT2D eigenvalue weighted by Gasteiger charge is 2.21. The van der Waals surface area contributed by atoms with E-state index in [9.17, 15) is 14.7 Å². The van der Waals surface area contributed by atoms with Gasteiger partial charge in [-0.3, -0.25) is 0 Å². The van der Waals surface area contributed by atoms with Crippen LogP contribution in [0.5, 0.6) is 11.5 Å². The van der Waals surface area contributed by atoms with Crippen LogP contribution in [-0.4, -0.2) is 41.9 Å². The summed E-state index contributed by atoms with van der Waals surface area (Å²) in [4.78, 5) is 28.3. The minimum Gasteiger partial charge on any atom is -0.497 e. The first kappa shape index (κ1) is 26.3. The Morgan fingerprint density at radius 1 is 0.947 bits per heavy atom. The third-order valence-corrected chi connectivity index (χ3v) is 5.68. The van der Waals surface area contributed by atoms with Crippen LogP contribution in [0.4, 0.5) is 4.79 Å². The van der Waals surface area contributed by atoms with Gasteiger partial charge in [0.1, 0.15) is 30.4 Å². The van der Waals surface area contributed by atoms with Gasteiger partial charge in [0.15, 0.2) is 0 Å². The second kappa shape index (κ2) is 13.0. The van der Waals surface area contributed by atoms with Crippen molar-refractivity contribution in [3.05, 3.63) is 102 Å². The minimum absolute atomic E-state index is 0.0100. The van der Waals surface area contributed by atoms with Gasteiger partial charge < -0.3 is 29.1 Å². The molecular weight excluding hydrogens is 488 g/mol. The number of aliphatic carboxylic acids is 1. The van der Waals surface area contributed by atoms with Crippen LogP contribution in [0.3, 0.4) is 0 Å². The lowest BCUT2D eigenvalue weighted by Gasteiger charge is -2.15. The van der Waals surface area contributed by atoms with Gasteiger partial charge in [0.25, 0.3) is 0 Å². The summed E-state index contributed by atoms with van der Waals surface area (Å²) in [6.07, 6.45) is 1.47. The number of methoxy groups -OCH3 is 1. The third-order valence-electron chi connectivity index (χ3n) is 5.68. The number of carboxylic acids is 1. The zero-order chi connectivity index (χ0) is 26.7. The van der Waals surface area contributed by atoms with Crippen LogP contribution in [0.15, 0.2) is 89.5 Å². The molecule has 38 heavy (non-hydrogen) atoms. The van der Waals surface area contributed by atoms with Crippen LogP contribution in [0, 0.1) is 0 Å². The molecule has 1 atom stereocenters. The Morgan fingerprint density at radius 3 is 2.32 bits per heavy atom. The molecule has 4 rings (SSSR count). The number of benzene rings is 3. The predicted octanol–water partition coefficient (Wildman–Crippen LogP) is 4.89. The van der Waals surface area contributed by atoms with Crippen molar-refractivity contribution in [3.8, 4) is 23.0 Å². The molecule has 1 amide bonds. The maximum Gasteiger partial charge on any atom is 0.408 e. The summed E-state index contributed by atoms with van der Waals surface area (Å²) < 4.78 is 21.6. The lowest BCUT2D eigenvalue weighted by molar-refractivity contribution is -0.139. The van der Waals surface area contributed by atoms with E-state index in [2.05, 4.69) is 10.3 Å². The van der Waals surface area contributed by atoms with Crippen molar-refractivity contribution < 1.29 is 33.3 Å². The molecule has 0 unspecified atom stereocenters. The molecule has 0 saturated carbocycles. The molecule has 9 nitrogen and oxygen atoms in total. The van der Waals surface area contributed by atoms with Gasteiger partial charge in [-0.25, -0.2) is 14.6 Å². The summed E-state index contributed by atoms with van der Waals surface area (Å²) >= 11 is 0. The Kier molecular flexibility index (Phi) is 8.96. The van der Waals surface area contributed by atoms with E-state index in [4.69, 9.17) is 18.6 Å². The van der Waals surface area contributed by atoms with Gasteiger partial charge in [0.2, 0.25) is 5.89 Å². The Labute approximate surface area is 220 Å². The number of hydrogen-bond donors (Lipinski definition) is 2. The monoisotopic (exact) mass is 516 g/mol. The van der Waals surface area contributed by atoms with Crippen molar-refractivity contribution in [1.82, 2.24) is 10.3 Å². The molecule has 0 aliphatic carbocycles. The number of aromatic nitrogens is 1. The summed E-state index contributed by atoms with van der Waals surface area (Å²) in [7, 11) is 1.56. The van der Waals surface area contributed by atoms with Crippen molar-refractivity contribution in [3.63, 3.8) is 0 Å². The number of alkyl carbamates (subject to hydrolysis) is 1. The summed E-state index contributed by atoms with van der Waals surface area (Å²) in [5.41, 5.74) is 3.18.